The van der Waals surface area contributed by atoms with Crippen molar-refractivity contribution in [3.05, 3.63) is 29.1 Å². The first kappa shape index (κ1) is 17.1. The summed E-state index contributed by atoms with van der Waals surface area (Å²) in [5, 5.41) is 4.08. The molecule has 1 fully saturated rings. The molecule has 0 spiro atoms. The average Bonchev–Trinajstić information content (AvgIpc) is 3.21. The zero-order chi connectivity index (χ0) is 17.3. The van der Waals surface area contributed by atoms with Crippen molar-refractivity contribution in [1.29, 1.82) is 0 Å². The molecule has 1 atom stereocenters. The van der Waals surface area contributed by atoms with E-state index in [9.17, 15) is 0 Å². The average molecular weight is 333 g/mol. The van der Waals surface area contributed by atoms with Gasteiger partial charge in [0.2, 0.25) is 11.8 Å². The number of aryl methyl sites for hydroxylation is 2. The Hall–Kier alpha value is -1.73. The normalized spacial score (nSPS) is 19.0. The lowest BCUT2D eigenvalue weighted by Crippen LogP contribution is -2.34. The number of oxazole rings is 1. The summed E-state index contributed by atoms with van der Waals surface area (Å²) in [7, 11) is 2.12. The van der Waals surface area contributed by atoms with E-state index < -0.39 is 0 Å². The van der Waals surface area contributed by atoms with Crippen molar-refractivity contribution in [2.45, 2.75) is 59.2 Å². The first-order chi connectivity index (χ1) is 11.4. The fourth-order valence-corrected chi connectivity index (χ4v) is 3.03. The summed E-state index contributed by atoms with van der Waals surface area (Å²) in [4.78, 5) is 13.6. The van der Waals surface area contributed by atoms with Crippen molar-refractivity contribution in [3.8, 4) is 0 Å². The fourth-order valence-electron chi connectivity index (χ4n) is 3.03. The molecule has 0 bridgehead atoms. The van der Waals surface area contributed by atoms with Crippen LogP contribution in [0.1, 0.15) is 55.2 Å². The van der Waals surface area contributed by atoms with Gasteiger partial charge < -0.3 is 8.94 Å². The van der Waals surface area contributed by atoms with Gasteiger partial charge in [-0.05, 0) is 27.3 Å². The molecular formula is C17H27N5O2. The van der Waals surface area contributed by atoms with Gasteiger partial charge in [0.25, 0.3) is 0 Å². The number of nitrogens with zero attached hydrogens (tertiary/aromatic N) is 5. The molecule has 0 unspecified atom stereocenters. The molecule has 2 aromatic heterocycles. The van der Waals surface area contributed by atoms with Gasteiger partial charge in [0.1, 0.15) is 5.76 Å². The minimum absolute atomic E-state index is 0.270. The van der Waals surface area contributed by atoms with E-state index in [2.05, 4.69) is 45.8 Å². The van der Waals surface area contributed by atoms with Crippen molar-refractivity contribution in [2.75, 3.05) is 20.1 Å². The molecule has 0 radical (unpaired) electrons. The van der Waals surface area contributed by atoms with Gasteiger partial charge in [0, 0.05) is 25.0 Å². The standard InChI is InChI=1S/C17H27N5O2/c1-11(2)17-19-15(20-24-17)9-21(5)14-6-7-22(8-14)10-16-18-12(3)13(4)23-16/h11,14H,6-10H2,1-5H3/t14-/m1/s1. The van der Waals surface area contributed by atoms with E-state index in [0.717, 1.165) is 49.2 Å². The van der Waals surface area contributed by atoms with Crippen LogP contribution >= 0.6 is 0 Å². The van der Waals surface area contributed by atoms with Crippen LogP contribution in [0.25, 0.3) is 0 Å². The number of rotatable bonds is 6. The summed E-state index contributed by atoms with van der Waals surface area (Å²) >= 11 is 0. The second kappa shape index (κ2) is 7.03. The predicted octanol–water partition coefficient (Wildman–Crippen LogP) is 2.50. The van der Waals surface area contributed by atoms with E-state index in [-0.39, 0.29) is 5.92 Å². The third kappa shape index (κ3) is 3.84. The molecule has 0 aliphatic carbocycles. The largest absolute Gasteiger partial charge is 0.444 e. The maximum absolute atomic E-state index is 5.69. The lowest BCUT2D eigenvalue weighted by atomic mass is 10.2. The Morgan fingerprint density at radius 1 is 1.29 bits per heavy atom. The van der Waals surface area contributed by atoms with E-state index in [1.54, 1.807) is 0 Å². The molecule has 0 saturated carbocycles. The van der Waals surface area contributed by atoms with Crippen LogP contribution in [-0.4, -0.2) is 51.1 Å². The number of hydrogen-bond donors (Lipinski definition) is 0. The molecule has 1 aliphatic rings. The molecule has 3 rings (SSSR count). The third-order valence-electron chi connectivity index (χ3n) is 4.67. The number of aromatic nitrogens is 3. The number of likely N-dealkylation sites (tertiary alicyclic amines) is 1. The smallest absolute Gasteiger partial charge is 0.229 e. The van der Waals surface area contributed by atoms with Crippen molar-refractivity contribution in [2.24, 2.45) is 0 Å². The highest BCUT2D eigenvalue weighted by atomic mass is 16.5. The zero-order valence-corrected chi connectivity index (χ0v) is 15.2. The first-order valence-electron chi connectivity index (χ1n) is 8.60. The SMILES string of the molecule is Cc1nc(CN2CC[C@@H](N(C)Cc3noc(C(C)C)n3)C2)oc1C. The molecule has 1 saturated heterocycles. The molecule has 132 valence electrons. The second-order valence-electron chi connectivity index (χ2n) is 7.05. The third-order valence-corrected chi connectivity index (χ3v) is 4.67. The van der Waals surface area contributed by atoms with Gasteiger partial charge in [-0.2, -0.15) is 4.98 Å². The van der Waals surface area contributed by atoms with Gasteiger partial charge in [-0.25, -0.2) is 4.98 Å². The molecule has 0 amide bonds. The van der Waals surface area contributed by atoms with Gasteiger partial charge in [0.05, 0.1) is 18.8 Å². The Labute approximate surface area is 143 Å². The molecule has 0 N–H and O–H groups in total. The maximum atomic E-state index is 5.69. The van der Waals surface area contributed by atoms with Gasteiger partial charge in [0.15, 0.2) is 5.82 Å². The second-order valence-corrected chi connectivity index (χ2v) is 7.05. The molecule has 1 aliphatic heterocycles. The Bertz CT molecular complexity index is 659. The summed E-state index contributed by atoms with van der Waals surface area (Å²) in [6, 6.07) is 0.489. The van der Waals surface area contributed by atoms with Crippen LogP contribution in [0, 0.1) is 13.8 Å². The Morgan fingerprint density at radius 3 is 2.71 bits per heavy atom. The molecule has 0 aromatic carbocycles. The van der Waals surface area contributed by atoms with E-state index >= 15 is 0 Å². The number of hydrogen-bond acceptors (Lipinski definition) is 7. The van der Waals surface area contributed by atoms with Crippen LogP contribution in [0.2, 0.25) is 0 Å². The quantitative estimate of drug-likeness (QED) is 0.804. The van der Waals surface area contributed by atoms with Crippen LogP contribution in [0.4, 0.5) is 0 Å². The molecule has 3 heterocycles. The zero-order valence-electron chi connectivity index (χ0n) is 15.2. The highest BCUT2D eigenvalue weighted by Gasteiger charge is 2.27. The topological polar surface area (TPSA) is 71.4 Å². The van der Waals surface area contributed by atoms with E-state index in [0.29, 0.717) is 18.5 Å². The van der Waals surface area contributed by atoms with Crippen LogP contribution in [0.5, 0.6) is 0 Å². The Balaban J connectivity index is 1.52. The van der Waals surface area contributed by atoms with Crippen LogP contribution in [-0.2, 0) is 13.1 Å². The maximum Gasteiger partial charge on any atom is 0.229 e. The van der Waals surface area contributed by atoms with Crippen LogP contribution in [0.15, 0.2) is 8.94 Å². The van der Waals surface area contributed by atoms with Crippen LogP contribution < -0.4 is 0 Å². The van der Waals surface area contributed by atoms with Gasteiger partial charge >= 0.3 is 0 Å². The Kier molecular flexibility index (Phi) is 5.01. The molecule has 24 heavy (non-hydrogen) atoms. The molecular weight excluding hydrogens is 306 g/mol. The van der Waals surface area contributed by atoms with E-state index in [4.69, 9.17) is 8.94 Å². The minimum Gasteiger partial charge on any atom is -0.444 e. The summed E-state index contributed by atoms with van der Waals surface area (Å²) in [5.41, 5.74) is 0.982. The highest BCUT2D eigenvalue weighted by molar-refractivity contribution is 5.05. The minimum atomic E-state index is 0.270. The Morgan fingerprint density at radius 2 is 2.08 bits per heavy atom. The van der Waals surface area contributed by atoms with Crippen LogP contribution in [0.3, 0.4) is 0 Å². The van der Waals surface area contributed by atoms with E-state index in [1.165, 1.54) is 0 Å². The lowest BCUT2D eigenvalue weighted by Gasteiger charge is -2.23. The molecule has 2 aromatic rings. The van der Waals surface area contributed by atoms with Crippen molar-refractivity contribution >= 4 is 0 Å². The lowest BCUT2D eigenvalue weighted by molar-refractivity contribution is 0.209. The monoisotopic (exact) mass is 333 g/mol. The summed E-state index contributed by atoms with van der Waals surface area (Å²) in [6.45, 7) is 11.6. The molecule has 7 heteroatoms. The van der Waals surface area contributed by atoms with Crippen molar-refractivity contribution in [1.82, 2.24) is 24.9 Å². The first-order valence-corrected chi connectivity index (χ1v) is 8.60. The van der Waals surface area contributed by atoms with Gasteiger partial charge in [-0.1, -0.05) is 19.0 Å². The summed E-state index contributed by atoms with van der Waals surface area (Å²) < 4.78 is 11.0. The highest BCUT2D eigenvalue weighted by Crippen LogP contribution is 2.20. The van der Waals surface area contributed by atoms with Crippen molar-refractivity contribution < 1.29 is 8.94 Å². The van der Waals surface area contributed by atoms with E-state index in [1.807, 2.05) is 13.8 Å². The van der Waals surface area contributed by atoms with Gasteiger partial charge in [-0.15, -0.1) is 0 Å². The molecule has 7 nitrogen and oxygen atoms in total. The summed E-state index contributed by atoms with van der Waals surface area (Å²) in [5.74, 6) is 3.47. The fraction of sp³-hybridized carbons (Fsp3) is 0.706. The van der Waals surface area contributed by atoms with Gasteiger partial charge in [-0.3, -0.25) is 9.80 Å². The van der Waals surface area contributed by atoms with Crippen molar-refractivity contribution in [3.63, 3.8) is 0 Å². The predicted molar refractivity (Wildman–Crippen MR) is 89.5 cm³/mol. The number of likely N-dealkylation sites (N-methyl/N-ethyl adjacent to an activating group) is 1. The summed E-state index contributed by atoms with van der Waals surface area (Å²) in [6.07, 6.45) is 1.13.